The van der Waals surface area contributed by atoms with E-state index >= 15 is 0 Å². The second-order valence-corrected chi connectivity index (χ2v) is 5.58. The highest BCUT2D eigenvalue weighted by Crippen LogP contribution is 2.36. The molecule has 20 heavy (non-hydrogen) atoms. The molecule has 0 radical (unpaired) electrons. The van der Waals surface area contributed by atoms with Crippen molar-refractivity contribution in [2.24, 2.45) is 12.8 Å². The maximum absolute atomic E-state index is 6.07. The predicted octanol–water partition coefficient (Wildman–Crippen LogP) is 1.99. The van der Waals surface area contributed by atoms with Gasteiger partial charge < -0.3 is 10.2 Å². The van der Waals surface area contributed by atoms with Crippen molar-refractivity contribution in [3.8, 4) is 0 Å². The highest BCUT2D eigenvalue weighted by molar-refractivity contribution is 5.21. The van der Waals surface area contributed by atoms with Crippen LogP contribution in [0.3, 0.4) is 0 Å². The molecule has 1 fully saturated rings. The van der Waals surface area contributed by atoms with Gasteiger partial charge in [0.2, 0.25) is 0 Å². The Labute approximate surface area is 119 Å². The van der Waals surface area contributed by atoms with Crippen molar-refractivity contribution in [2.75, 3.05) is 6.54 Å². The molecule has 2 N–H and O–H groups in total. The van der Waals surface area contributed by atoms with Gasteiger partial charge in [-0.25, -0.2) is 0 Å². The number of aryl methyl sites for hydroxylation is 2. The Morgan fingerprint density at radius 1 is 1.55 bits per heavy atom. The molecule has 1 unspecified atom stereocenters. The summed E-state index contributed by atoms with van der Waals surface area (Å²) in [6, 6.07) is 4.79. The highest BCUT2D eigenvalue weighted by Gasteiger charge is 2.35. The zero-order chi connectivity index (χ0) is 14.1. The number of hydrogen-bond acceptors (Lipinski definition) is 4. The van der Waals surface area contributed by atoms with E-state index in [-0.39, 0.29) is 6.04 Å². The molecule has 108 valence electrons. The minimum Gasteiger partial charge on any atom is -0.468 e. The SMILES string of the molecule is Cc1nn(C)cc1C(CN)N(Cc1ccco1)C1CC1. The Bertz CT molecular complexity index is 556. The first-order valence-corrected chi connectivity index (χ1v) is 7.17. The molecule has 0 aliphatic heterocycles. The van der Waals surface area contributed by atoms with Crippen LogP contribution in [0.15, 0.2) is 29.0 Å². The average molecular weight is 274 g/mol. The van der Waals surface area contributed by atoms with E-state index in [4.69, 9.17) is 10.2 Å². The zero-order valence-corrected chi connectivity index (χ0v) is 12.1. The summed E-state index contributed by atoms with van der Waals surface area (Å²) in [7, 11) is 1.96. The van der Waals surface area contributed by atoms with Crippen molar-refractivity contribution in [3.05, 3.63) is 41.6 Å². The van der Waals surface area contributed by atoms with Gasteiger partial charge in [0.25, 0.3) is 0 Å². The summed E-state index contributed by atoms with van der Waals surface area (Å²) in [6.45, 7) is 3.47. The quantitative estimate of drug-likeness (QED) is 0.875. The molecule has 0 spiro atoms. The van der Waals surface area contributed by atoms with Crippen molar-refractivity contribution < 1.29 is 4.42 Å². The highest BCUT2D eigenvalue weighted by atomic mass is 16.3. The van der Waals surface area contributed by atoms with Gasteiger partial charge in [-0.1, -0.05) is 0 Å². The molecule has 2 aromatic heterocycles. The maximum atomic E-state index is 6.07. The van der Waals surface area contributed by atoms with Gasteiger partial charge in [-0.05, 0) is 31.9 Å². The van der Waals surface area contributed by atoms with Crippen LogP contribution >= 0.6 is 0 Å². The van der Waals surface area contributed by atoms with Crippen molar-refractivity contribution >= 4 is 0 Å². The fourth-order valence-electron chi connectivity index (χ4n) is 2.87. The van der Waals surface area contributed by atoms with Crippen LogP contribution in [-0.2, 0) is 13.6 Å². The summed E-state index contributed by atoms with van der Waals surface area (Å²) < 4.78 is 7.37. The first-order chi connectivity index (χ1) is 9.69. The lowest BCUT2D eigenvalue weighted by atomic mass is 10.1. The van der Waals surface area contributed by atoms with E-state index in [1.54, 1.807) is 6.26 Å². The van der Waals surface area contributed by atoms with E-state index in [0.29, 0.717) is 12.6 Å². The molecule has 1 saturated carbocycles. The van der Waals surface area contributed by atoms with E-state index in [2.05, 4.69) is 23.1 Å². The lowest BCUT2D eigenvalue weighted by Crippen LogP contribution is -2.35. The number of hydrogen-bond donors (Lipinski definition) is 1. The van der Waals surface area contributed by atoms with Crippen LogP contribution < -0.4 is 5.73 Å². The van der Waals surface area contributed by atoms with E-state index in [9.17, 15) is 0 Å². The van der Waals surface area contributed by atoms with Crippen molar-refractivity contribution in [1.29, 1.82) is 0 Å². The maximum Gasteiger partial charge on any atom is 0.117 e. The lowest BCUT2D eigenvalue weighted by Gasteiger charge is -2.30. The molecule has 1 aliphatic rings. The predicted molar refractivity (Wildman–Crippen MR) is 77.0 cm³/mol. The number of aromatic nitrogens is 2. The third-order valence-corrected chi connectivity index (χ3v) is 3.97. The normalized spacial score (nSPS) is 16.8. The molecule has 1 aliphatic carbocycles. The standard InChI is InChI=1S/C15H22N4O/c1-11-14(10-18(2)17-11)15(8-16)19(12-5-6-12)9-13-4-3-7-20-13/h3-4,7,10,12,15H,5-6,8-9,16H2,1-2H3. The number of furan rings is 1. The van der Waals surface area contributed by atoms with Crippen molar-refractivity contribution in [2.45, 2.75) is 38.4 Å². The number of nitrogens with two attached hydrogens (primary N) is 1. The Morgan fingerprint density at radius 3 is 2.85 bits per heavy atom. The Kier molecular flexibility index (Phi) is 3.63. The third-order valence-electron chi connectivity index (χ3n) is 3.97. The summed E-state index contributed by atoms with van der Waals surface area (Å²) in [6.07, 6.45) is 6.31. The molecule has 1 atom stereocenters. The van der Waals surface area contributed by atoms with E-state index in [1.165, 1.54) is 18.4 Å². The molecule has 2 aromatic rings. The summed E-state index contributed by atoms with van der Waals surface area (Å²) in [5.41, 5.74) is 8.36. The molecular weight excluding hydrogens is 252 g/mol. The smallest absolute Gasteiger partial charge is 0.117 e. The van der Waals surface area contributed by atoms with E-state index in [0.717, 1.165) is 18.0 Å². The Balaban J connectivity index is 1.86. The Morgan fingerprint density at radius 2 is 2.35 bits per heavy atom. The zero-order valence-electron chi connectivity index (χ0n) is 12.1. The van der Waals surface area contributed by atoms with E-state index < -0.39 is 0 Å². The van der Waals surface area contributed by atoms with E-state index in [1.807, 2.05) is 23.9 Å². The summed E-state index contributed by atoms with van der Waals surface area (Å²) in [4.78, 5) is 2.46. The molecular formula is C15H22N4O. The lowest BCUT2D eigenvalue weighted by molar-refractivity contribution is 0.167. The second kappa shape index (κ2) is 5.42. The van der Waals surface area contributed by atoms with Gasteiger partial charge in [-0.15, -0.1) is 0 Å². The van der Waals surface area contributed by atoms with Crippen LogP contribution in [0.25, 0.3) is 0 Å². The van der Waals surface area contributed by atoms with Crippen LogP contribution in [0.2, 0.25) is 0 Å². The van der Waals surface area contributed by atoms with Crippen LogP contribution in [0.4, 0.5) is 0 Å². The molecule has 2 heterocycles. The van der Waals surface area contributed by atoms with Crippen LogP contribution in [0.5, 0.6) is 0 Å². The topological polar surface area (TPSA) is 60.2 Å². The fraction of sp³-hybridized carbons (Fsp3) is 0.533. The average Bonchev–Trinajstić information content (AvgIpc) is 3.04. The monoisotopic (exact) mass is 274 g/mol. The molecule has 5 heteroatoms. The van der Waals surface area contributed by atoms with Gasteiger partial charge in [0.15, 0.2) is 0 Å². The molecule has 0 aromatic carbocycles. The molecule has 0 bridgehead atoms. The van der Waals surface area contributed by atoms with Crippen LogP contribution in [0, 0.1) is 6.92 Å². The Hall–Kier alpha value is -1.59. The van der Waals surface area contributed by atoms with Gasteiger partial charge in [0.05, 0.1) is 24.5 Å². The van der Waals surface area contributed by atoms with Crippen LogP contribution in [-0.4, -0.2) is 27.3 Å². The fourth-order valence-corrected chi connectivity index (χ4v) is 2.87. The molecule has 3 rings (SSSR count). The van der Waals surface area contributed by atoms with Crippen molar-refractivity contribution in [1.82, 2.24) is 14.7 Å². The number of nitrogens with zero attached hydrogens (tertiary/aromatic N) is 3. The van der Waals surface area contributed by atoms with Gasteiger partial charge >= 0.3 is 0 Å². The first kappa shape index (κ1) is 13.4. The molecule has 0 amide bonds. The third kappa shape index (κ3) is 2.64. The summed E-state index contributed by atoms with van der Waals surface area (Å²) in [5.74, 6) is 0.997. The van der Waals surface area contributed by atoms with Gasteiger partial charge in [0, 0.05) is 31.4 Å². The largest absolute Gasteiger partial charge is 0.468 e. The van der Waals surface area contributed by atoms with Gasteiger partial charge in [-0.3, -0.25) is 9.58 Å². The van der Waals surface area contributed by atoms with Gasteiger partial charge in [0.1, 0.15) is 5.76 Å². The molecule has 5 nitrogen and oxygen atoms in total. The number of rotatable bonds is 6. The first-order valence-electron chi connectivity index (χ1n) is 7.17. The minimum atomic E-state index is 0.210. The summed E-state index contributed by atoms with van der Waals surface area (Å²) >= 11 is 0. The second-order valence-electron chi connectivity index (χ2n) is 5.58. The van der Waals surface area contributed by atoms with Crippen LogP contribution in [0.1, 0.15) is 35.9 Å². The van der Waals surface area contributed by atoms with Gasteiger partial charge in [-0.2, -0.15) is 5.10 Å². The molecule has 0 saturated heterocycles. The van der Waals surface area contributed by atoms with Crippen molar-refractivity contribution in [3.63, 3.8) is 0 Å². The summed E-state index contributed by atoms with van der Waals surface area (Å²) in [5, 5.41) is 4.45. The minimum absolute atomic E-state index is 0.210.